The van der Waals surface area contributed by atoms with Gasteiger partial charge in [-0.2, -0.15) is 0 Å². The fourth-order valence-electron chi connectivity index (χ4n) is 12.5. The monoisotopic (exact) mass is 896 g/mol. The lowest BCUT2D eigenvalue weighted by Gasteiger charge is -2.47. The second kappa shape index (κ2) is 20.2. The first kappa shape index (κ1) is 47.0. The number of ketones is 1. The molecular weight excluding hydrogens is 825 g/mol. The van der Waals surface area contributed by atoms with Crippen molar-refractivity contribution in [3.63, 3.8) is 0 Å². The number of benzene rings is 1. The second-order valence-corrected chi connectivity index (χ2v) is 20.4. The van der Waals surface area contributed by atoms with E-state index in [0.717, 1.165) is 30.3 Å². The van der Waals surface area contributed by atoms with Crippen molar-refractivity contribution >= 4 is 38.9 Å². The van der Waals surface area contributed by atoms with Crippen molar-refractivity contribution in [2.75, 3.05) is 40.7 Å². The van der Waals surface area contributed by atoms with Crippen molar-refractivity contribution in [2.45, 2.75) is 165 Å². The SMILES string of the molecule is CC[C@H]1CCC[C@H](O[C@H]2CC[C@H](N(C)C)C(C)O2)[C@@H](C)C(=O)C2=C[C@H]3[C@@H]4C[C@H](O[C@@H]5OC(C)[C@H](OC)C(OC)C5OC)C[C@H]4[C@@H](O)[C@H](Nc4ccc5sccc5c4)[C@H]3[C@@H]2CC(=O)O1. The number of likely N-dealkylation sites (N-methyl/N-ethyl adjacent to an activating group) is 1. The molecule has 13 nitrogen and oxygen atoms in total. The van der Waals surface area contributed by atoms with Gasteiger partial charge in [-0.05, 0) is 144 Å². The number of thiophene rings is 1. The first-order chi connectivity index (χ1) is 30.3. The quantitative estimate of drug-likeness (QED) is 0.224. The molecule has 5 fully saturated rings. The lowest BCUT2D eigenvalue weighted by molar-refractivity contribution is -0.314. The number of anilines is 1. The van der Waals surface area contributed by atoms with E-state index in [-0.39, 0.29) is 78.5 Å². The maximum absolute atomic E-state index is 15.3. The van der Waals surface area contributed by atoms with E-state index >= 15 is 4.79 Å². The molecule has 350 valence electrons. The molecule has 3 aliphatic heterocycles. The number of allylic oxidation sites excluding steroid dienone is 2. The third-order valence-corrected chi connectivity index (χ3v) is 16.6. The van der Waals surface area contributed by atoms with Gasteiger partial charge in [-0.15, -0.1) is 11.3 Å². The zero-order valence-corrected chi connectivity index (χ0v) is 39.5. The summed E-state index contributed by atoms with van der Waals surface area (Å²) in [6.45, 7) is 8.09. The first-order valence-corrected chi connectivity index (χ1v) is 24.5. The molecule has 2 saturated carbocycles. The van der Waals surface area contributed by atoms with E-state index in [2.05, 4.69) is 73.9 Å². The number of nitrogens with zero attached hydrogens (tertiary/aromatic N) is 1. The molecule has 3 aliphatic carbocycles. The number of cyclic esters (lactones) is 1. The van der Waals surface area contributed by atoms with Crippen molar-refractivity contribution in [3.05, 3.63) is 41.3 Å². The first-order valence-electron chi connectivity index (χ1n) is 23.6. The summed E-state index contributed by atoms with van der Waals surface area (Å²) in [5.41, 5.74) is 1.54. The number of rotatable bonds is 11. The van der Waals surface area contributed by atoms with E-state index < -0.39 is 48.8 Å². The zero-order chi connectivity index (χ0) is 44.7. The van der Waals surface area contributed by atoms with E-state index in [1.165, 1.54) is 4.70 Å². The Morgan fingerprint density at radius 2 is 1.65 bits per heavy atom. The molecule has 4 heterocycles. The third-order valence-electron chi connectivity index (χ3n) is 15.7. The number of aliphatic hydroxyl groups is 1. The summed E-state index contributed by atoms with van der Waals surface area (Å²) in [6.07, 6.45) is 3.55. The van der Waals surface area contributed by atoms with Gasteiger partial charge in [0.2, 0.25) is 0 Å². The van der Waals surface area contributed by atoms with Gasteiger partial charge in [-0.25, -0.2) is 0 Å². The standard InChI is InChI=1S/C49H72N2O11S/c1-10-30-12-11-13-38(62-41-17-15-37(51(5)6)26(3)58-41)25(2)44(53)36-23-33-32-21-31(61-49-48(57-9)47(56-8)46(55-7)27(4)59-49)22-35(32)45(54)43(42(33)34(36)24-40(52)60-30)50-29-14-16-39-28(20-29)18-19-63-39/h14,16,18-20,23,25-27,30-35,37-38,41-43,45-50,54H,10-13,15,17,21-22,24H2,1-9H3/t25-,26?,27?,30+,31+,32+,33+,34-,35-,37+,38+,41+,42-,43-,45-,46+,47?,48?,49+/m1/s1. The Bertz CT molecular complexity index is 1910. The number of hydrogen-bond donors (Lipinski definition) is 2. The van der Waals surface area contributed by atoms with Crippen LogP contribution in [0.1, 0.15) is 85.5 Å². The van der Waals surface area contributed by atoms with Crippen molar-refractivity contribution in [1.82, 2.24) is 4.90 Å². The fourth-order valence-corrected chi connectivity index (χ4v) is 13.2. The van der Waals surface area contributed by atoms with Gasteiger partial charge < -0.3 is 53.2 Å². The molecule has 19 atom stereocenters. The molecule has 0 bridgehead atoms. The Labute approximate surface area is 377 Å². The summed E-state index contributed by atoms with van der Waals surface area (Å²) in [6, 6.07) is 8.23. The summed E-state index contributed by atoms with van der Waals surface area (Å²) < 4.78 is 51.5. The summed E-state index contributed by atoms with van der Waals surface area (Å²) >= 11 is 1.69. The lowest BCUT2D eigenvalue weighted by atomic mass is 9.62. The smallest absolute Gasteiger partial charge is 0.306 e. The Hall–Kier alpha value is -2.50. The largest absolute Gasteiger partial charge is 0.462 e. The summed E-state index contributed by atoms with van der Waals surface area (Å²) in [7, 11) is 9.08. The van der Waals surface area contributed by atoms with Crippen LogP contribution in [0.2, 0.25) is 0 Å². The maximum Gasteiger partial charge on any atom is 0.306 e. The molecule has 2 N–H and O–H groups in total. The van der Waals surface area contributed by atoms with Crippen molar-refractivity contribution in [3.8, 4) is 0 Å². The van der Waals surface area contributed by atoms with Gasteiger partial charge in [0.15, 0.2) is 18.4 Å². The van der Waals surface area contributed by atoms with E-state index in [4.69, 9.17) is 37.9 Å². The predicted molar refractivity (Wildman–Crippen MR) is 240 cm³/mol. The lowest BCUT2D eigenvalue weighted by Crippen LogP contribution is -2.59. The highest BCUT2D eigenvalue weighted by molar-refractivity contribution is 7.17. The number of ether oxygens (including phenoxy) is 8. The maximum atomic E-state index is 15.3. The fraction of sp³-hybridized carbons (Fsp3) is 0.755. The van der Waals surface area contributed by atoms with Crippen LogP contribution in [-0.2, 0) is 47.5 Å². The minimum absolute atomic E-state index is 0.00375. The van der Waals surface area contributed by atoms with Crippen LogP contribution in [0, 0.1) is 35.5 Å². The number of carbonyl (C=O) groups is 2. The Morgan fingerprint density at radius 3 is 2.37 bits per heavy atom. The number of fused-ring (bicyclic) bond motifs is 6. The number of aliphatic hydroxyl groups excluding tert-OH is 1. The molecule has 63 heavy (non-hydrogen) atoms. The number of carbonyl (C=O) groups excluding carboxylic acids is 2. The Kier molecular flexibility index (Phi) is 15.0. The van der Waals surface area contributed by atoms with Gasteiger partial charge in [0.05, 0.1) is 43.0 Å². The van der Waals surface area contributed by atoms with Gasteiger partial charge in [-0.3, -0.25) is 9.59 Å². The molecular formula is C49H72N2O11S. The third kappa shape index (κ3) is 9.55. The Morgan fingerprint density at radius 1 is 0.889 bits per heavy atom. The highest BCUT2D eigenvalue weighted by Gasteiger charge is 2.60. The van der Waals surface area contributed by atoms with Crippen molar-refractivity contribution in [2.24, 2.45) is 35.5 Å². The van der Waals surface area contributed by atoms with Gasteiger partial charge in [0.25, 0.3) is 0 Å². The molecule has 1 aromatic carbocycles. The van der Waals surface area contributed by atoms with Crippen LogP contribution in [0.25, 0.3) is 10.1 Å². The molecule has 0 radical (unpaired) electrons. The van der Waals surface area contributed by atoms with Gasteiger partial charge in [0, 0.05) is 49.6 Å². The molecule has 4 unspecified atom stereocenters. The van der Waals surface area contributed by atoms with E-state index in [9.17, 15) is 9.90 Å². The topological polar surface area (TPSA) is 143 Å². The van der Waals surface area contributed by atoms with Crippen LogP contribution < -0.4 is 5.32 Å². The average Bonchev–Trinajstić information content (AvgIpc) is 4.00. The number of nitrogens with one attached hydrogen (secondary N) is 1. The van der Waals surface area contributed by atoms with Crippen LogP contribution >= 0.6 is 11.3 Å². The number of esters is 1. The van der Waals surface area contributed by atoms with Gasteiger partial charge >= 0.3 is 5.97 Å². The highest BCUT2D eigenvalue weighted by atomic mass is 32.1. The highest BCUT2D eigenvalue weighted by Crippen LogP contribution is 2.57. The van der Waals surface area contributed by atoms with Crippen LogP contribution in [0.15, 0.2) is 41.3 Å². The summed E-state index contributed by atoms with van der Waals surface area (Å²) in [5.74, 6) is -1.83. The average molecular weight is 897 g/mol. The Balaban J connectivity index is 1.12. The predicted octanol–water partition coefficient (Wildman–Crippen LogP) is 6.99. The minimum atomic E-state index is -0.800. The molecule has 6 aliphatic rings. The summed E-state index contributed by atoms with van der Waals surface area (Å²) in [4.78, 5) is 31.6. The summed E-state index contributed by atoms with van der Waals surface area (Å²) in [5, 5.41) is 19.7. The van der Waals surface area contributed by atoms with Gasteiger partial charge in [0.1, 0.15) is 24.4 Å². The zero-order valence-electron chi connectivity index (χ0n) is 38.7. The number of methoxy groups -OCH3 is 3. The molecule has 2 aromatic rings. The van der Waals surface area contributed by atoms with Crippen LogP contribution in [0.5, 0.6) is 0 Å². The number of Topliss-reactive ketones (excluding diaryl/α,β-unsaturated/α-hetero) is 1. The molecule has 0 amide bonds. The van der Waals surface area contributed by atoms with Gasteiger partial charge in [-0.1, -0.05) is 19.9 Å². The van der Waals surface area contributed by atoms with E-state index in [0.29, 0.717) is 43.7 Å². The van der Waals surface area contributed by atoms with E-state index in [1.54, 1.807) is 32.7 Å². The normalized spacial score (nSPS) is 42.5. The molecule has 3 saturated heterocycles. The van der Waals surface area contributed by atoms with Crippen LogP contribution in [0.3, 0.4) is 0 Å². The molecule has 0 spiro atoms. The molecule has 1 aromatic heterocycles. The van der Waals surface area contributed by atoms with Crippen molar-refractivity contribution in [1.29, 1.82) is 0 Å². The van der Waals surface area contributed by atoms with Crippen LogP contribution in [0.4, 0.5) is 5.69 Å². The second-order valence-electron chi connectivity index (χ2n) is 19.4. The molecule has 8 rings (SSSR count). The minimum Gasteiger partial charge on any atom is -0.462 e. The van der Waals surface area contributed by atoms with Crippen LogP contribution in [-0.4, -0.2) is 137 Å². The molecule has 14 heteroatoms. The number of hydrogen-bond acceptors (Lipinski definition) is 14. The van der Waals surface area contributed by atoms with Crippen molar-refractivity contribution < 1.29 is 52.6 Å². The van der Waals surface area contributed by atoms with E-state index in [1.807, 2.05) is 13.8 Å².